The molecule has 5 heteroatoms. The van der Waals surface area contributed by atoms with Gasteiger partial charge in [0.25, 0.3) is 0 Å². The normalized spacial score (nSPS) is 21.3. The Balaban J connectivity index is 0.00000161. The number of nitrogens with two attached hydrogens (primary N) is 1. The molecule has 2 N–H and O–H groups in total. The summed E-state index contributed by atoms with van der Waals surface area (Å²) < 4.78 is 0. The molecule has 3 nitrogen and oxygen atoms in total. The van der Waals surface area contributed by atoms with Crippen molar-refractivity contribution in [2.45, 2.75) is 24.7 Å². The van der Waals surface area contributed by atoms with E-state index in [1.807, 2.05) is 11.8 Å². The molecule has 2 fully saturated rings. The second kappa shape index (κ2) is 7.72. The summed E-state index contributed by atoms with van der Waals surface area (Å²) in [6.45, 7) is 2.92. The lowest BCUT2D eigenvalue weighted by Crippen LogP contribution is -2.44. The number of hydrogen-bond donors (Lipinski definition) is 1. The van der Waals surface area contributed by atoms with Crippen LogP contribution < -0.4 is 5.73 Å². The Hall–Kier alpha value is -0.430. The van der Waals surface area contributed by atoms with Gasteiger partial charge < -0.3 is 10.6 Å². The second-order valence-electron chi connectivity index (χ2n) is 5.77. The molecular formula is C16H24IN3S. The Morgan fingerprint density at radius 1 is 1.19 bits per heavy atom. The zero-order valence-electron chi connectivity index (χ0n) is 12.3. The van der Waals surface area contributed by atoms with E-state index in [0.717, 1.165) is 25.6 Å². The molecule has 0 spiro atoms. The first-order valence-corrected chi connectivity index (χ1v) is 8.64. The molecular weight excluding hydrogens is 393 g/mol. The third-order valence-electron chi connectivity index (χ3n) is 4.58. The van der Waals surface area contributed by atoms with Gasteiger partial charge in [-0.3, -0.25) is 4.99 Å². The number of aliphatic imine (C=N–C) groups is 1. The minimum absolute atomic E-state index is 0. The average molecular weight is 417 g/mol. The molecule has 0 amide bonds. The summed E-state index contributed by atoms with van der Waals surface area (Å²) in [5.74, 6) is 3.08. The molecule has 0 atom stereocenters. The van der Waals surface area contributed by atoms with Crippen LogP contribution in [0.4, 0.5) is 0 Å². The molecule has 1 saturated carbocycles. The van der Waals surface area contributed by atoms with Crippen LogP contribution in [0.3, 0.4) is 0 Å². The Bertz CT molecular complexity index is 468. The smallest absolute Gasteiger partial charge is 0.191 e. The van der Waals surface area contributed by atoms with Crippen molar-refractivity contribution in [2.24, 2.45) is 10.7 Å². The summed E-state index contributed by atoms with van der Waals surface area (Å²) >= 11 is 2.00. The van der Waals surface area contributed by atoms with Gasteiger partial charge in [0.05, 0.1) is 6.54 Å². The highest BCUT2D eigenvalue weighted by Crippen LogP contribution is 2.43. The number of guanidine groups is 1. The maximum atomic E-state index is 6.18. The fourth-order valence-electron chi connectivity index (χ4n) is 3.06. The van der Waals surface area contributed by atoms with E-state index >= 15 is 0 Å². The van der Waals surface area contributed by atoms with Crippen LogP contribution in [-0.4, -0.2) is 42.0 Å². The molecule has 2 aliphatic rings. The topological polar surface area (TPSA) is 41.6 Å². The van der Waals surface area contributed by atoms with Crippen molar-refractivity contribution >= 4 is 41.7 Å². The van der Waals surface area contributed by atoms with Crippen molar-refractivity contribution in [2.75, 3.05) is 31.1 Å². The van der Waals surface area contributed by atoms with E-state index in [4.69, 9.17) is 10.7 Å². The summed E-state index contributed by atoms with van der Waals surface area (Å²) in [6, 6.07) is 10.8. The molecule has 0 unspecified atom stereocenters. The molecule has 1 aromatic carbocycles. The van der Waals surface area contributed by atoms with Crippen LogP contribution in [0.5, 0.6) is 0 Å². The van der Waals surface area contributed by atoms with Gasteiger partial charge in [0.1, 0.15) is 0 Å². The number of hydrogen-bond acceptors (Lipinski definition) is 2. The van der Waals surface area contributed by atoms with E-state index in [-0.39, 0.29) is 29.4 Å². The third kappa shape index (κ3) is 3.86. The first kappa shape index (κ1) is 16.9. The van der Waals surface area contributed by atoms with E-state index in [2.05, 4.69) is 35.2 Å². The summed E-state index contributed by atoms with van der Waals surface area (Å²) in [7, 11) is 0. The molecule has 21 heavy (non-hydrogen) atoms. The highest BCUT2D eigenvalue weighted by molar-refractivity contribution is 14.0. The highest BCUT2D eigenvalue weighted by Gasteiger charge is 2.38. The van der Waals surface area contributed by atoms with Crippen LogP contribution in [0.1, 0.15) is 24.8 Å². The van der Waals surface area contributed by atoms with Gasteiger partial charge in [-0.1, -0.05) is 36.8 Å². The molecule has 3 rings (SSSR count). The van der Waals surface area contributed by atoms with E-state index in [9.17, 15) is 0 Å². The van der Waals surface area contributed by atoms with Crippen LogP contribution in [-0.2, 0) is 5.41 Å². The van der Waals surface area contributed by atoms with Crippen molar-refractivity contribution in [1.82, 2.24) is 4.90 Å². The van der Waals surface area contributed by atoms with E-state index < -0.39 is 0 Å². The second-order valence-corrected chi connectivity index (χ2v) is 7.00. The lowest BCUT2D eigenvalue weighted by atomic mass is 9.64. The van der Waals surface area contributed by atoms with Crippen molar-refractivity contribution in [3.05, 3.63) is 35.9 Å². The van der Waals surface area contributed by atoms with Crippen LogP contribution >= 0.6 is 35.7 Å². The standard InChI is InChI=1S/C16H23N3S.HI/c17-15(19-9-11-20-12-10-19)18-13-16(7-4-8-16)14-5-2-1-3-6-14;/h1-3,5-6H,4,7-13H2,(H2,17,18);1H. The lowest BCUT2D eigenvalue weighted by Gasteiger charge is -2.41. The summed E-state index contributed by atoms with van der Waals surface area (Å²) in [6.07, 6.45) is 3.79. The molecule has 0 aromatic heterocycles. The number of thioether (sulfide) groups is 1. The Kier molecular flexibility index (Phi) is 6.22. The first-order chi connectivity index (χ1) is 9.80. The van der Waals surface area contributed by atoms with Gasteiger partial charge in [-0.2, -0.15) is 11.8 Å². The Labute approximate surface area is 148 Å². The van der Waals surface area contributed by atoms with Gasteiger partial charge in [0, 0.05) is 30.0 Å². The van der Waals surface area contributed by atoms with Crippen molar-refractivity contribution in [3.63, 3.8) is 0 Å². The molecule has 0 radical (unpaired) electrons. The Morgan fingerprint density at radius 3 is 2.43 bits per heavy atom. The van der Waals surface area contributed by atoms with E-state index in [1.165, 1.54) is 36.3 Å². The van der Waals surface area contributed by atoms with Crippen LogP contribution in [0, 0.1) is 0 Å². The third-order valence-corrected chi connectivity index (χ3v) is 5.52. The number of benzene rings is 1. The minimum atomic E-state index is 0. The quantitative estimate of drug-likeness (QED) is 0.467. The number of halogens is 1. The fraction of sp³-hybridized carbons (Fsp3) is 0.562. The fourth-order valence-corrected chi connectivity index (χ4v) is 3.96. The molecule has 0 bridgehead atoms. The van der Waals surface area contributed by atoms with Gasteiger partial charge in [-0.25, -0.2) is 0 Å². The van der Waals surface area contributed by atoms with Crippen molar-refractivity contribution in [3.8, 4) is 0 Å². The van der Waals surface area contributed by atoms with Gasteiger partial charge in [0.2, 0.25) is 0 Å². The summed E-state index contributed by atoms with van der Waals surface area (Å²) in [4.78, 5) is 6.96. The van der Waals surface area contributed by atoms with E-state index in [0.29, 0.717) is 0 Å². The van der Waals surface area contributed by atoms with Gasteiger partial charge in [-0.05, 0) is 18.4 Å². The predicted octanol–water partition coefficient (Wildman–Crippen LogP) is 3.09. The first-order valence-electron chi connectivity index (χ1n) is 7.48. The number of nitrogens with zero attached hydrogens (tertiary/aromatic N) is 2. The molecule has 1 aromatic rings. The minimum Gasteiger partial charge on any atom is -0.370 e. The zero-order valence-corrected chi connectivity index (χ0v) is 15.5. The lowest BCUT2D eigenvalue weighted by molar-refractivity contribution is 0.252. The average Bonchev–Trinajstić information content (AvgIpc) is 2.48. The van der Waals surface area contributed by atoms with E-state index in [1.54, 1.807) is 0 Å². The molecule has 1 heterocycles. The van der Waals surface area contributed by atoms with Gasteiger partial charge in [-0.15, -0.1) is 24.0 Å². The van der Waals surface area contributed by atoms with Crippen LogP contribution in [0.2, 0.25) is 0 Å². The number of rotatable bonds is 3. The molecule has 1 aliphatic heterocycles. The summed E-state index contributed by atoms with van der Waals surface area (Å²) in [5, 5.41) is 0. The van der Waals surface area contributed by atoms with Crippen molar-refractivity contribution in [1.29, 1.82) is 0 Å². The molecule has 1 aliphatic carbocycles. The highest BCUT2D eigenvalue weighted by atomic mass is 127. The largest absolute Gasteiger partial charge is 0.370 e. The van der Waals surface area contributed by atoms with Crippen molar-refractivity contribution < 1.29 is 0 Å². The van der Waals surface area contributed by atoms with Crippen LogP contribution in [0.25, 0.3) is 0 Å². The molecule has 116 valence electrons. The van der Waals surface area contributed by atoms with Crippen LogP contribution in [0.15, 0.2) is 35.3 Å². The Morgan fingerprint density at radius 2 is 1.86 bits per heavy atom. The summed E-state index contributed by atoms with van der Waals surface area (Å²) in [5.41, 5.74) is 7.85. The maximum absolute atomic E-state index is 6.18. The maximum Gasteiger partial charge on any atom is 0.191 e. The predicted molar refractivity (Wildman–Crippen MR) is 103 cm³/mol. The SMILES string of the molecule is I.NC(=NCC1(c2ccccc2)CCC1)N1CCSCC1. The zero-order chi connectivity index (χ0) is 13.8. The van der Waals surface area contributed by atoms with Gasteiger partial charge >= 0.3 is 0 Å². The molecule has 1 saturated heterocycles. The van der Waals surface area contributed by atoms with Gasteiger partial charge in [0.15, 0.2) is 5.96 Å². The monoisotopic (exact) mass is 417 g/mol.